The van der Waals surface area contributed by atoms with Crippen molar-refractivity contribution in [3.63, 3.8) is 0 Å². The van der Waals surface area contributed by atoms with E-state index >= 15 is 0 Å². The number of sulfonamides is 1. The fourth-order valence-corrected chi connectivity index (χ4v) is 4.26. The molecule has 3 aromatic carbocycles. The highest BCUT2D eigenvalue weighted by Gasteiger charge is 2.22. The van der Waals surface area contributed by atoms with Gasteiger partial charge < -0.3 is 0 Å². The lowest BCUT2D eigenvalue weighted by atomic mass is 9.99. The van der Waals surface area contributed by atoms with E-state index < -0.39 is 27.7 Å². The molecule has 0 amide bonds. The zero-order valence-corrected chi connectivity index (χ0v) is 16.2. The van der Waals surface area contributed by atoms with Crippen molar-refractivity contribution >= 4 is 10.0 Å². The molecule has 0 fully saturated rings. The van der Waals surface area contributed by atoms with Gasteiger partial charge in [0.2, 0.25) is 10.0 Å². The number of halogens is 2. The molecule has 0 spiro atoms. The summed E-state index contributed by atoms with van der Waals surface area (Å²) < 4.78 is 55.7. The van der Waals surface area contributed by atoms with E-state index in [0.29, 0.717) is 12.8 Å². The summed E-state index contributed by atoms with van der Waals surface area (Å²) in [5, 5.41) is 0. The van der Waals surface area contributed by atoms with Crippen LogP contribution >= 0.6 is 0 Å². The van der Waals surface area contributed by atoms with Gasteiger partial charge in [0, 0.05) is 12.1 Å². The van der Waals surface area contributed by atoms with E-state index in [9.17, 15) is 17.2 Å². The van der Waals surface area contributed by atoms with Crippen LogP contribution in [-0.2, 0) is 16.4 Å². The largest absolute Gasteiger partial charge is 0.241 e. The molecule has 146 valence electrons. The smallest absolute Gasteiger partial charge is 0.207 e. The fourth-order valence-electron chi connectivity index (χ4n) is 3.00. The van der Waals surface area contributed by atoms with Crippen molar-refractivity contribution in [2.24, 2.45) is 0 Å². The number of rotatable bonds is 7. The van der Waals surface area contributed by atoms with E-state index in [2.05, 4.69) is 4.72 Å². The number of hydrogen-bond donors (Lipinski definition) is 1. The molecule has 3 rings (SSSR count). The SMILES string of the molecule is Cc1ccc(S(=O)(=O)NC(CCc2ccccc2)c2cc(F)cc(F)c2)cc1. The molecule has 0 bridgehead atoms. The van der Waals surface area contributed by atoms with E-state index in [4.69, 9.17) is 0 Å². The molecule has 3 aromatic rings. The average molecular weight is 401 g/mol. The minimum atomic E-state index is -3.85. The van der Waals surface area contributed by atoms with Gasteiger partial charge in [-0.15, -0.1) is 0 Å². The lowest BCUT2D eigenvalue weighted by Gasteiger charge is -2.20. The normalized spacial score (nSPS) is 12.7. The Morgan fingerprint density at radius 3 is 2.11 bits per heavy atom. The third-order valence-electron chi connectivity index (χ3n) is 4.48. The van der Waals surface area contributed by atoms with Crippen molar-refractivity contribution in [3.05, 3.63) is 101 Å². The molecule has 0 radical (unpaired) electrons. The second kappa shape index (κ2) is 8.63. The predicted molar refractivity (Wildman–Crippen MR) is 105 cm³/mol. The monoisotopic (exact) mass is 401 g/mol. The summed E-state index contributed by atoms with van der Waals surface area (Å²) in [5.74, 6) is -1.48. The lowest BCUT2D eigenvalue weighted by molar-refractivity contribution is 0.528. The van der Waals surface area contributed by atoms with Crippen LogP contribution in [0.15, 0.2) is 77.7 Å². The number of nitrogens with one attached hydrogen (secondary N) is 1. The summed E-state index contributed by atoms with van der Waals surface area (Å²) in [6, 6.07) is 18.3. The van der Waals surface area contributed by atoms with Crippen LogP contribution in [0.1, 0.15) is 29.2 Å². The van der Waals surface area contributed by atoms with Crippen LogP contribution in [0, 0.1) is 18.6 Å². The van der Waals surface area contributed by atoms with E-state index in [0.717, 1.165) is 29.3 Å². The first-order valence-corrected chi connectivity index (χ1v) is 10.4. The highest BCUT2D eigenvalue weighted by atomic mass is 32.2. The molecule has 3 nitrogen and oxygen atoms in total. The van der Waals surface area contributed by atoms with Gasteiger partial charge in [0.15, 0.2) is 0 Å². The van der Waals surface area contributed by atoms with Gasteiger partial charge in [-0.25, -0.2) is 21.9 Å². The summed E-state index contributed by atoms with van der Waals surface area (Å²) in [6.07, 6.45) is 0.915. The van der Waals surface area contributed by atoms with Gasteiger partial charge in [0.05, 0.1) is 4.90 Å². The molecule has 0 aliphatic heterocycles. The Morgan fingerprint density at radius 1 is 0.893 bits per heavy atom. The Morgan fingerprint density at radius 2 is 1.50 bits per heavy atom. The molecular weight excluding hydrogens is 380 g/mol. The minimum absolute atomic E-state index is 0.111. The fraction of sp³-hybridized carbons (Fsp3) is 0.182. The summed E-state index contributed by atoms with van der Waals surface area (Å²) in [6.45, 7) is 1.86. The van der Waals surface area contributed by atoms with Gasteiger partial charge in [-0.2, -0.15) is 0 Å². The van der Waals surface area contributed by atoms with Crippen LogP contribution in [0.5, 0.6) is 0 Å². The zero-order chi connectivity index (χ0) is 20.1. The molecule has 1 unspecified atom stereocenters. The maximum atomic E-state index is 13.7. The summed E-state index contributed by atoms with van der Waals surface area (Å²) in [7, 11) is -3.85. The van der Waals surface area contributed by atoms with Gasteiger partial charge in [0.25, 0.3) is 0 Å². The Bertz CT molecular complexity index is 1020. The van der Waals surface area contributed by atoms with Crippen LogP contribution in [-0.4, -0.2) is 8.42 Å². The van der Waals surface area contributed by atoms with Crippen molar-refractivity contribution in [3.8, 4) is 0 Å². The molecule has 6 heteroatoms. The summed E-state index contributed by atoms with van der Waals surface area (Å²) in [4.78, 5) is 0.111. The Kier molecular flexibility index (Phi) is 6.21. The topological polar surface area (TPSA) is 46.2 Å². The Balaban J connectivity index is 1.89. The average Bonchev–Trinajstić information content (AvgIpc) is 2.65. The van der Waals surface area contributed by atoms with Crippen LogP contribution in [0.3, 0.4) is 0 Å². The van der Waals surface area contributed by atoms with Crippen LogP contribution < -0.4 is 4.72 Å². The Labute approximate surface area is 164 Å². The van der Waals surface area contributed by atoms with Crippen molar-refractivity contribution < 1.29 is 17.2 Å². The lowest BCUT2D eigenvalue weighted by Crippen LogP contribution is -2.29. The molecule has 0 aliphatic rings. The molecule has 0 aromatic heterocycles. The summed E-state index contributed by atoms with van der Waals surface area (Å²) in [5.41, 5.74) is 2.20. The molecule has 0 aliphatic carbocycles. The molecular formula is C22H21F2NO2S. The highest BCUT2D eigenvalue weighted by Crippen LogP contribution is 2.24. The van der Waals surface area contributed by atoms with Gasteiger partial charge >= 0.3 is 0 Å². The molecule has 1 atom stereocenters. The van der Waals surface area contributed by atoms with Gasteiger partial charge in [-0.05, 0) is 55.2 Å². The van der Waals surface area contributed by atoms with Crippen LogP contribution in [0.4, 0.5) is 8.78 Å². The molecule has 1 N–H and O–H groups in total. The van der Waals surface area contributed by atoms with Crippen molar-refractivity contribution in [2.75, 3.05) is 0 Å². The first-order chi connectivity index (χ1) is 13.3. The van der Waals surface area contributed by atoms with E-state index in [-0.39, 0.29) is 10.5 Å². The first-order valence-electron chi connectivity index (χ1n) is 8.92. The quantitative estimate of drug-likeness (QED) is 0.610. The van der Waals surface area contributed by atoms with E-state index in [1.165, 1.54) is 12.1 Å². The van der Waals surface area contributed by atoms with Crippen LogP contribution in [0.2, 0.25) is 0 Å². The second-order valence-corrected chi connectivity index (χ2v) is 8.43. The van der Waals surface area contributed by atoms with Crippen molar-refractivity contribution in [1.82, 2.24) is 4.72 Å². The number of hydrogen-bond acceptors (Lipinski definition) is 2. The first kappa shape index (κ1) is 20.2. The van der Waals surface area contributed by atoms with E-state index in [1.54, 1.807) is 12.1 Å². The molecule has 28 heavy (non-hydrogen) atoms. The number of aryl methyl sites for hydroxylation is 2. The van der Waals surface area contributed by atoms with E-state index in [1.807, 2.05) is 37.3 Å². The van der Waals surface area contributed by atoms with Gasteiger partial charge in [-0.1, -0.05) is 48.0 Å². The van der Waals surface area contributed by atoms with Crippen molar-refractivity contribution in [1.29, 1.82) is 0 Å². The Hall–Kier alpha value is -2.57. The standard InChI is InChI=1S/C22H21F2NO2S/c1-16-7-10-21(11-8-16)28(26,27)25-22(12-9-17-5-3-2-4-6-17)18-13-19(23)15-20(24)14-18/h2-8,10-11,13-15,22,25H,9,12H2,1H3. The molecule has 0 heterocycles. The third-order valence-corrected chi connectivity index (χ3v) is 5.97. The minimum Gasteiger partial charge on any atom is -0.207 e. The van der Waals surface area contributed by atoms with Gasteiger partial charge in [-0.3, -0.25) is 0 Å². The number of benzene rings is 3. The second-order valence-electron chi connectivity index (χ2n) is 6.71. The predicted octanol–water partition coefficient (Wildman–Crippen LogP) is 4.93. The van der Waals surface area contributed by atoms with Gasteiger partial charge in [0.1, 0.15) is 11.6 Å². The zero-order valence-electron chi connectivity index (χ0n) is 15.4. The summed E-state index contributed by atoms with van der Waals surface area (Å²) >= 11 is 0. The molecule has 0 saturated heterocycles. The van der Waals surface area contributed by atoms with Crippen molar-refractivity contribution in [2.45, 2.75) is 30.7 Å². The third kappa shape index (κ3) is 5.24. The highest BCUT2D eigenvalue weighted by molar-refractivity contribution is 7.89. The maximum absolute atomic E-state index is 13.7. The maximum Gasteiger partial charge on any atom is 0.241 e. The van der Waals surface area contributed by atoms with Crippen LogP contribution in [0.25, 0.3) is 0 Å². The molecule has 0 saturated carbocycles.